The van der Waals surface area contributed by atoms with Gasteiger partial charge in [-0.3, -0.25) is 0 Å². The summed E-state index contributed by atoms with van der Waals surface area (Å²) in [5.41, 5.74) is 1.11. The number of benzene rings is 1. The standard InChI is InChI=1S/C10H11FO2S/c1-8(7-14(2,12)13)9-4-3-5-10(11)6-9/h3-7H,1-2H3/b8-7+. The van der Waals surface area contributed by atoms with Gasteiger partial charge in [0.05, 0.1) is 0 Å². The van der Waals surface area contributed by atoms with Crippen molar-refractivity contribution in [3.63, 3.8) is 0 Å². The maximum Gasteiger partial charge on any atom is 0.169 e. The summed E-state index contributed by atoms with van der Waals surface area (Å²) in [6.07, 6.45) is 1.11. The minimum Gasteiger partial charge on any atom is -0.225 e. The minimum absolute atomic E-state index is 0.372. The molecule has 1 aromatic rings. The van der Waals surface area contributed by atoms with E-state index in [2.05, 4.69) is 0 Å². The number of allylic oxidation sites excluding steroid dienone is 1. The van der Waals surface area contributed by atoms with E-state index in [0.717, 1.165) is 11.7 Å². The average Bonchev–Trinajstić information content (AvgIpc) is 2.01. The van der Waals surface area contributed by atoms with Crippen molar-refractivity contribution in [3.05, 3.63) is 41.1 Å². The third-order valence-corrected chi connectivity index (χ3v) is 2.45. The second kappa shape index (κ2) is 3.92. The Balaban J connectivity index is 3.13. The molecule has 0 aliphatic carbocycles. The van der Waals surface area contributed by atoms with Gasteiger partial charge in [0.15, 0.2) is 9.84 Å². The van der Waals surface area contributed by atoms with Gasteiger partial charge in [-0.15, -0.1) is 0 Å². The molecule has 1 rings (SSSR count). The lowest BCUT2D eigenvalue weighted by atomic mass is 10.1. The Morgan fingerprint density at radius 3 is 2.57 bits per heavy atom. The summed E-state index contributed by atoms with van der Waals surface area (Å²) < 4.78 is 34.6. The van der Waals surface area contributed by atoms with Crippen LogP contribution in [0.2, 0.25) is 0 Å². The first-order valence-electron chi connectivity index (χ1n) is 4.03. The van der Waals surface area contributed by atoms with E-state index in [1.165, 1.54) is 12.1 Å². The minimum atomic E-state index is -3.17. The van der Waals surface area contributed by atoms with E-state index in [0.29, 0.717) is 11.1 Å². The third kappa shape index (κ3) is 3.30. The van der Waals surface area contributed by atoms with E-state index in [-0.39, 0.29) is 5.82 Å². The molecule has 76 valence electrons. The molecule has 0 amide bonds. The van der Waals surface area contributed by atoms with Crippen LogP contribution >= 0.6 is 0 Å². The zero-order valence-electron chi connectivity index (χ0n) is 7.99. The van der Waals surface area contributed by atoms with Gasteiger partial charge in [0.2, 0.25) is 0 Å². The van der Waals surface area contributed by atoms with Crippen LogP contribution in [0.4, 0.5) is 4.39 Å². The molecule has 1 aromatic carbocycles. The van der Waals surface area contributed by atoms with E-state index < -0.39 is 9.84 Å². The third-order valence-electron chi connectivity index (χ3n) is 1.67. The largest absolute Gasteiger partial charge is 0.225 e. The fraction of sp³-hybridized carbons (Fsp3) is 0.200. The molecule has 0 aromatic heterocycles. The summed E-state index contributed by atoms with van der Waals surface area (Å²) in [6.45, 7) is 1.63. The summed E-state index contributed by atoms with van der Waals surface area (Å²) in [4.78, 5) is 0. The number of halogens is 1. The summed E-state index contributed by atoms with van der Waals surface area (Å²) >= 11 is 0. The zero-order chi connectivity index (χ0) is 10.8. The Hall–Kier alpha value is -1.16. The molecule has 0 fully saturated rings. The predicted octanol–water partition coefficient (Wildman–Crippen LogP) is 2.23. The highest BCUT2D eigenvalue weighted by atomic mass is 32.2. The maximum atomic E-state index is 12.8. The van der Waals surface area contributed by atoms with Crippen LogP contribution in [-0.2, 0) is 9.84 Å². The molecule has 0 aliphatic rings. The molecular formula is C10H11FO2S. The Morgan fingerprint density at radius 1 is 1.43 bits per heavy atom. The number of rotatable bonds is 2. The molecule has 0 saturated carbocycles. The Kier molecular flexibility index (Phi) is 3.06. The lowest BCUT2D eigenvalue weighted by molar-refractivity contribution is 0.610. The summed E-state index contributed by atoms with van der Waals surface area (Å²) in [7, 11) is -3.17. The molecule has 0 N–H and O–H groups in total. The van der Waals surface area contributed by atoms with Crippen molar-refractivity contribution < 1.29 is 12.8 Å². The molecule has 0 saturated heterocycles. The zero-order valence-corrected chi connectivity index (χ0v) is 8.81. The summed E-state index contributed by atoms with van der Waals surface area (Å²) in [5.74, 6) is -0.372. The fourth-order valence-corrected chi connectivity index (χ4v) is 1.90. The first-order valence-corrected chi connectivity index (χ1v) is 5.98. The van der Waals surface area contributed by atoms with E-state index in [1.54, 1.807) is 19.1 Å². The van der Waals surface area contributed by atoms with Gasteiger partial charge in [0.25, 0.3) is 0 Å². The molecule has 14 heavy (non-hydrogen) atoms. The normalized spacial score (nSPS) is 12.9. The molecular weight excluding hydrogens is 203 g/mol. The van der Waals surface area contributed by atoms with Crippen molar-refractivity contribution in [2.45, 2.75) is 6.92 Å². The second-order valence-electron chi connectivity index (χ2n) is 3.14. The van der Waals surface area contributed by atoms with Crippen LogP contribution in [-0.4, -0.2) is 14.7 Å². The molecule has 0 atom stereocenters. The first kappa shape index (κ1) is 10.9. The van der Waals surface area contributed by atoms with Gasteiger partial charge in [-0.2, -0.15) is 0 Å². The average molecular weight is 214 g/mol. The van der Waals surface area contributed by atoms with E-state index in [4.69, 9.17) is 0 Å². The quantitative estimate of drug-likeness (QED) is 0.756. The van der Waals surface area contributed by atoms with Crippen LogP contribution in [0.5, 0.6) is 0 Å². The van der Waals surface area contributed by atoms with Crippen molar-refractivity contribution in [1.29, 1.82) is 0 Å². The topological polar surface area (TPSA) is 34.1 Å². The van der Waals surface area contributed by atoms with E-state index in [1.807, 2.05) is 0 Å². The second-order valence-corrected chi connectivity index (χ2v) is 5.04. The van der Waals surface area contributed by atoms with Crippen LogP contribution in [0.1, 0.15) is 12.5 Å². The van der Waals surface area contributed by atoms with Gasteiger partial charge in [-0.05, 0) is 30.2 Å². The number of sulfone groups is 1. The van der Waals surface area contributed by atoms with Crippen LogP contribution in [0.25, 0.3) is 5.57 Å². The molecule has 0 radical (unpaired) electrons. The van der Waals surface area contributed by atoms with Crippen molar-refractivity contribution in [1.82, 2.24) is 0 Å². The van der Waals surface area contributed by atoms with Crippen LogP contribution < -0.4 is 0 Å². The van der Waals surface area contributed by atoms with Gasteiger partial charge in [-0.1, -0.05) is 12.1 Å². The summed E-state index contributed by atoms with van der Waals surface area (Å²) in [5, 5.41) is 1.13. The van der Waals surface area contributed by atoms with Gasteiger partial charge in [-0.25, -0.2) is 12.8 Å². The van der Waals surface area contributed by atoms with Crippen LogP contribution in [0.3, 0.4) is 0 Å². The van der Waals surface area contributed by atoms with Crippen LogP contribution in [0, 0.1) is 5.82 Å². The predicted molar refractivity (Wildman–Crippen MR) is 54.9 cm³/mol. The van der Waals surface area contributed by atoms with E-state index in [9.17, 15) is 12.8 Å². The molecule has 0 bridgehead atoms. The lowest BCUT2D eigenvalue weighted by Gasteiger charge is -2.00. The van der Waals surface area contributed by atoms with Crippen molar-refractivity contribution in [2.24, 2.45) is 0 Å². The maximum absolute atomic E-state index is 12.8. The smallest absolute Gasteiger partial charge is 0.169 e. The highest BCUT2D eigenvalue weighted by Crippen LogP contribution is 2.15. The van der Waals surface area contributed by atoms with Gasteiger partial charge >= 0.3 is 0 Å². The first-order chi connectivity index (χ1) is 6.38. The van der Waals surface area contributed by atoms with Crippen molar-refractivity contribution in [2.75, 3.05) is 6.26 Å². The van der Waals surface area contributed by atoms with E-state index >= 15 is 0 Å². The van der Waals surface area contributed by atoms with Gasteiger partial charge < -0.3 is 0 Å². The Bertz CT molecular complexity index is 461. The van der Waals surface area contributed by atoms with Gasteiger partial charge in [0, 0.05) is 11.7 Å². The molecule has 4 heteroatoms. The highest BCUT2D eigenvalue weighted by molar-refractivity contribution is 7.93. The van der Waals surface area contributed by atoms with Crippen molar-refractivity contribution >= 4 is 15.4 Å². The molecule has 0 spiro atoms. The Labute approximate surface area is 83.0 Å². The highest BCUT2D eigenvalue weighted by Gasteiger charge is 2.01. The fourth-order valence-electron chi connectivity index (χ4n) is 1.12. The van der Waals surface area contributed by atoms with Crippen molar-refractivity contribution in [3.8, 4) is 0 Å². The number of hydrogen-bond donors (Lipinski definition) is 0. The Morgan fingerprint density at radius 2 is 2.07 bits per heavy atom. The monoisotopic (exact) mass is 214 g/mol. The molecule has 0 unspecified atom stereocenters. The SMILES string of the molecule is C/C(=C\S(C)(=O)=O)c1cccc(F)c1. The molecule has 0 aliphatic heterocycles. The molecule has 2 nitrogen and oxygen atoms in total. The van der Waals surface area contributed by atoms with Crippen LogP contribution in [0.15, 0.2) is 29.7 Å². The summed E-state index contributed by atoms with van der Waals surface area (Å²) in [6, 6.07) is 5.83. The molecule has 0 heterocycles. The van der Waals surface area contributed by atoms with Gasteiger partial charge in [0.1, 0.15) is 5.82 Å². The lowest BCUT2D eigenvalue weighted by Crippen LogP contribution is -1.91. The number of hydrogen-bond acceptors (Lipinski definition) is 2.